The van der Waals surface area contributed by atoms with Crippen molar-refractivity contribution in [1.82, 2.24) is 9.80 Å². The average molecular weight is 212 g/mol. The summed E-state index contributed by atoms with van der Waals surface area (Å²) in [5, 5.41) is 0. The summed E-state index contributed by atoms with van der Waals surface area (Å²) in [6, 6.07) is 0. The van der Waals surface area contributed by atoms with Crippen LogP contribution in [-0.2, 0) is 9.59 Å². The summed E-state index contributed by atoms with van der Waals surface area (Å²) in [6.07, 6.45) is 0. The molecule has 86 valence electrons. The molecule has 0 spiro atoms. The van der Waals surface area contributed by atoms with Crippen LogP contribution in [0.4, 0.5) is 0 Å². The Morgan fingerprint density at radius 2 is 1.67 bits per heavy atom. The number of nitrogens with zero attached hydrogens (tertiary/aromatic N) is 2. The molecule has 0 aliphatic carbocycles. The van der Waals surface area contributed by atoms with E-state index in [1.54, 1.807) is 6.92 Å². The van der Waals surface area contributed by atoms with Crippen LogP contribution in [0.1, 0.15) is 20.8 Å². The lowest BCUT2D eigenvalue weighted by Crippen LogP contribution is -2.49. The van der Waals surface area contributed by atoms with Gasteiger partial charge >= 0.3 is 0 Å². The number of hydrogen-bond donors (Lipinski definition) is 0. The van der Waals surface area contributed by atoms with E-state index in [1.807, 2.05) is 18.7 Å². The first-order valence-corrected chi connectivity index (χ1v) is 5.51. The van der Waals surface area contributed by atoms with Crippen molar-refractivity contribution in [2.45, 2.75) is 20.8 Å². The van der Waals surface area contributed by atoms with Crippen molar-refractivity contribution >= 4 is 11.7 Å². The molecular weight excluding hydrogens is 192 g/mol. The first-order chi connectivity index (χ1) is 7.00. The van der Waals surface area contributed by atoms with Gasteiger partial charge in [-0.25, -0.2) is 0 Å². The molecule has 1 rings (SSSR count). The minimum absolute atomic E-state index is 0.107. The van der Waals surface area contributed by atoms with Crippen LogP contribution < -0.4 is 0 Å². The maximum absolute atomic E-state index is 11.5. The summed E-state index contributed by atoms with van der Waals surface area (Å²) in [6.45, 7) is 9.11. The SMILES string of the molecule is CC(=O)N1CCN(CC(=O)C(C)C)CC1. The number of Topliss-reactive ketones (excluding diaryl/α,β-unsaturated/α-hetero) is 1. The molecule has 0 saturated carbocycles. The van der Waals surface area contributed by atoms with Gasteiger partial charge < -0.3 is 4.90 Å². The molecule has 15 heavy (non-hydrogen) atoms. The molecule has 4 heteroatoms. The van der Waals surface area contributed by atoms with Crippen molar-refractivity contribution < 1.29 is 9.59 Å². The molecule has 0 atom stereocenters. The molecule has 1 fully saturated rings. The Bertz CT molecular complexity index is 243. The molecule has 0 aromatic rings. The van der Waals surface area contributed by atoms with E-state index in [0.29, 0.717) is 6.54 Å². The summed E-state index contributed by atoms with van der Waals surface area (Å²) in [5.74, 6) is 0.520. The van der Waals surface area contributed by atoms with E-state index in [0.717, 1.165) is 26.2 Å². The highest BCUT2D eigenvalue weighted by molar-refractivity contribution is 5.82. The maximum Gasteiger partial charge on any atom is 0.219 e. The van der Waals surface area contributed by atoms with Gasteiger partial charge in [-0.3, -0.25) is 14.5 Å². The number of amides is 1. The van der Waals surface area contributed by atoms with Crippen LogP contribution in [0.3, 0.4) is 0 Å². The molecule has 0 unspecified atom stereocenters. The van der Waals surface area contributed by atoms with E-state index < -0.39 is 0 Å². The fourth-order valence-electron chi connectivity index (χ4n) is 1.62. The number of carbonyl (C=O) groups excluding carboxylic acids is 2. The number of carbonyl (C=O) groups is 2. The molecular formula is C11H20N2O2. The number of hydrogen-bond acceptors (Lipinski definition) is 3. The molecule has 1 heterocycles. The highest BCUT2D eigenvalue weighted by Gasteiger charge is 2.20. The van der Waals surface area contributed by atoms with Crippen LogP contribution in [-0.4, -0.2) is 54.2 Å². The van der Waals surface area contributed by atoms with Crippen LogP contribution in [0.15, 0.2) is 0 Å². The second kappa shape index (κ2) is 5.26. The Labute approximate surface area is 91.2 Å². The first kappa shape index (κ1) is 12.2. The van der Waals surface area contributed by atoms with Crippen LogP contribution in [0.25, 0.3) is 0 Å². The fourth-order valence-corrected chi connectivity index (χ4v) is 1.62. The summed E-state index contributed by atoms with van der Waals surface area (Å²) in [4.78, 5) is 26.5. The highest BCUT2D eigenvalue weighted by atomic mass is 16.2. The van der Waals surface area contributed by atoms with Crippen molar-refractivity contribution in [1.29, 1.82) is 0 Å². The minimum atomic E-state index is 0.107. The third kappa shape index (κ3) is 3.63. The third-order valence-electron chi connectivity index (χ3n) is 2.84. The predicted octanol–water partition coefficient (Wildman–Crippen LogP) is 0.376. The van der Waals surface area contributed by atoms with E-state index in [-0.39, 0.29) is 17.6 Å². The fraction of sp³-hybridized carbons (Fsp3) is 0.818. The zero-order valence-electron chi connectivity index (χ0n) is 9.82. The standard InChI is InChI=1S/C11H20N2O2/c1-9(2)11(15)8-12-4-6-13(7-5-12)10(3)14/h9H,4-8H2,1-3H3. The first-order valence-electron chi connectivity index (χ1n) is 5.51. The van der Waals surface area contributed by atoms with Gasteiger partial charge in [-0.2, -0.15) is 0 Å². The van der Waals surface area contributed by atoms with Gasteiger partial charge in [0, 0.05) is 39.0 Å². The van der Waals surface area contributed by atoms with Gasteiger partial charge in [0.15, 0.2) is 0 Å². The van der Waals surface area contributed by atoms with E-state index >= 15 is 0 Å². The Morgan fingerprint density at radius 1 is 1.13 bits per heavy atom. The summed E-state index contributed by atoms with van der Waals surface area (Å²) in [7, 11) is 0. The third-order valence-corrected chi connectivity index (χ3v) is 2.84. The monoisotopic (exact) mass is 212 g/mol. The number of piperazine rings is 1. The van der Waals surface area contributed by atoms with Gasteiger partial charge in [-0.1, -0.05) is 13.8 Å². The van der Waals surface area contributed by atoms with Gasteiger partial charge in [0.2, 0.25) is 5.91 Å². The van der Waals surface area contributed by atoms with E-state index in [9.17, 15) is 9.59 Å². The topological polar surface area (TPSA) is 40.6 Å². The van der Waals surface area contributed by atoms with Crippen LogP contribution >= 0.6 is 0 Å². The van der Waals surface area contributed by atoms with Crippen LogP contribution in [0, 0.1) is 5.92 Å². The lowest BCUT2D eigenvalue weighted by Gasteiger charge is -2.33. The molecule has 0 bridgehead atoms. The minimum Gasteiger partial charge on any atom is -0.340 e. The summed E-state index contributed by atoms with van der Waals surface area (Å²) >= 11 is 0. The molecule has 1 amide bonds. The maximum atomic E-state index is 11.5. The second-order valence-corrected chi connectivity index (χ2v) is 4.40. The zero-order valence-corrected chi connectivity index (χ0v) is 9.82. The Morgan fingerprint density at radius 3 is 2.07 bits per heavy atom. The summed E-state index contributed by atoms with van der Waals surface area (Å²) < 4.78 is 0. The van der Waals surface area contributed by atoms with Crippen molar-refractivity contribution in [3.05, 3.63) is 0 Å². The van der Waals surface area contributed by atoms with Crippen molar-refractivity contribution in [3.63, 3.8) is 0 Å². The van der Waals surface area contributed by atoms with Gasteiger partial charge in [0.1, 0.15) is 5.78 Å². The van der Waals surface area contributed by atoms with E-state index in [4.69, 9.17) is 0 Å². The van der Waals surface area contributed by atoms with Crippen molar-refractivity contribution in [2.75, 3.05) is 32.7 Å². The number of ketones is 1. The highest BCUT2D eigenvalue weighted by Crippen LogP contribution is 2.04. The normalized spacial score (nSPS) is 18.3. The summed E-state index contributed by atoms with van der Waals surface area (Å²) in [5.41, 5.74) is 0. The van der Waals surface area contributed by atoms with Crippen LogP contribution in [0.2, 0.25) is 0 Å². The molecule has 1 aliphatic heterocycles. The Hall–Kier alpha value is -0.900. The van der Waals surface area contributed by atoms with Crippen LogP contribution in [0.5, 0.6) is 0 Å². The quantitative estimate of drug-likeness (QED) is 0.679. The van der Waals surface area contributed by atoms with E-state index in [2.05, 4.69) is 4.90 Å². The Balaban J connectivity index is 2.32. The Kier molecular flexibility index (Phi) is 4.27. The molecule has 0 aromatic heterocycles. The number of rotatable bonds is 3. The molecule has 4 nitrogen and oxygen atoms in total. The lowest BCUT2D eigenvalue weighted by atomic mass is 10.1. The second-order valence-electron chi connectivity index (χ2n) is 4.40. The molecule has 1 aliphatic rings. The molecule has 1 saturated heterocycles. The largest absolute Gasteiger partial charge is 0.340 e. The van der Waals surface area contributed by atoms with Gasteiger partial charge in [0.25, 0.3) is 0 Å². The van der Waals surface area contributed by atoms with E-state index in [1.165, 1.54) is 0 Å². The lowest BCUT2D eigenvalue weighted by molar-refractivity contribution is -0.131. The van der Waals surface area contributed by atoms with Crippen molar-refractivity contribution in [2.24, 2.45) is 5.92 Å². The predicted molar refractivity (Wildman–Crippen MR) is 58.5 cm³/mol. The zero-order chi connectivity index (χ0) is 11.4. The van der Waals surface area contributed by atoms with Gasteiger partial charge in [-0.05, 0) is 0 Å². The van der Waals surface area contributed by atoms with Gasteiger partial charge in [-0.15, -0.1) is 0 Å². The van der Waals surface area contributed by atoms with Gasteiger partial charge in [0.05, 0.1) is 6.54 Å². The average Bonchev–Trinajstić information content (AvgIpc) is 2.18. The molecule has 0 aromatic carbocycles. The van der Waals surface area contributed by atoms with Crippen molar-refractivity contribution in [3.8, 4) is 0 Å². The molecule has 0 radical (unpaired) electrons. The smallest absolute Gasteiger partial charge is 0.219 e. The molecule has 0 N–H and O–H groups in total.